The van der Waals surface area contributed by atoms with Gasteiger partial charge in [0.05, 0.1) is 17.2 Å². The molecular formula is C24H32N6O3S. The van der Waals surface area contributed by atoms with Crippen LogP contribution in [0.3, 0.4) is 0 Å². The van der Waals surface area contributed by atoms with Crippen LogP contribution < -0.4 is 9.64 Å². The standard InChI is InChI=1S/C24H32N6O3S/c1-5-6-15-33-21-7-9-22(10-8-21)34(31,32)29-13-11-28(12-14-29)23-16-24(27-20(4)26-23)30-17-25-18(2)19(30)3/h7-10,16-17H,5-6,11-15H2,1-4H3. The van der Waals surface area contributed by atoms with E-state index < -0.39 is 10.0 Å². The van der Waals surface area contributed by atoms with Gasteiger partial charge in [0.15, 0.2) is 0 Å². The number of hydrogen-bond acceptors (Lipinski definition) is 7. The molecule has 3 heterocycles. The summed E-state index contributed by atoms with van der Waals surface area (Å²) in [6.45, 7) is 10.4. The van der Waals surface area contributed by atoms with Gasteiger partial charge in [-0.1, -0.05) is 13.3 Å². The second kappa shape index (κ2) is 10.1. The fraction of sp³-hybridized carbons (Fsp3) is 0.458. The van der Waals surface area contributed by atoms with Crippen LogP contribution in [0.5, 0.6) is 5.75 Å². The zero-order valence-electron chi connectivity index (χ0n) is 20.2. The van der Waals surface area contributed by atoms with Crippen molar-refractivity contribution in [2.24, 2.45) is 0 Å². The maximum Gasteiger partial charge on any atom is 0.243 e. The molecule has 9 nitrogen and oxygen atoms in total. The molecule has 1 saturated heterocycles. The minimum Gasteiger partial charge on any atom is -0.494 e. The summed E-state index contributed by atoms with van der Waals surface area (Å²) in [6, 6.07) is 8.63. The Kier molecular flexibility index (Phi) is 7.18. The van der Waals surface area contributed by atoms with E-state index in [1.165, 1.54) is 4.31 Å². The normalized spacial score (nSPS) is 15.0. The van der Waals surface area contributed by atoms with Crippen molar-refractivity contribution >= 4 is 15.8 Å². The van der Waals surface area contributed by atoms with Crippen molar-refractivity contribution in [1.82, 2.24) is 23.8 Å². The van der Waals surface area contributed by atoms with Crippen molar-refractivity contribution in [3.8, 4) is 11.6 Å². The molecule has 3 aromatic rings. The van der Waals surface area contributed by atoms with Crippen molar-refractivity contribution in [3.63, 3.8) is 0 Å². The summed E-state index contributed by atoms with van der Waals surface area (Å²) in [7, 11) is -3.57. The van der Waals surface area contributed by atoms with Crippen molar-refractivity contribution in [2.45, 2.75) is 45.4 Å². The fourth-order valence-corrected chi connectivity index (χ4v) is 5.32. The van der Waals surface area contributed by atoms with Gasteiger partial charge in [0.1, 0.15) is 29.5 Å². The molecule has 10 heteroatoms. The fourth-order valence-electron chi connectivity index (χ4n) is 3.90. The van der Waals surface area contributed by atoms with Gasteiger partial charge >= 0.3 is 0 Å². The van der Waals surface area contributed by atoms with Crippen LogP contribution in [0.4, 0.5) is 5.82 Å². The molecule has 0 N–H and O–H groups in total. The van der Waals surface area contributed by atoms with Crippen molar-refractivity contribution in [2.75, 3.05) is 37.7 Å². The van der Waals surface area contributed by atoms with Crippen LogP contribution in [0.2, 0.25) is 0 Å². The second-order valence-electron chi connectivity index (χ2n) is 8.48. The predicted octanol–water partition coefficient (Wildman–Crippen LogP) is 3.28. The highest BCUT2D eigenvalue weighted by molar-refractivity contribution is 7.89. The van der Waals surface area contributed by atoms with Crippen LogP contribution in [0.25, 0.3) is 5.82 Å². The van der Waals surface area contributed by atoms with Crippen LogP contribution in [-0.2, 0) is 10.0 Å². The number of hydrogen-bond donors (Lipinski definition) is 0. The van der Waals surface area contributed by atoms with Crippen LogP contribution in [0.1, 0.15) is 37.0 Å². The monoisotopic (exact) mass is 484 g/mol. The van der Waals surface area contributed by atoms with Gasteiger partial charge in [-0.25, -0.2) is 23.4 Å². The maximum absolute atomic E-state index is 13.2. The third-order valence-corrected chi connectivity index (χ3v) is 8.01. The summed E-state index contributed by atoms with van der Waals surface area (Å²) in [5.74, 6) is 2.90. The molecular weight excluding hydrogens is 452 g/mol. The quantitative estimate of drug-likeness (QED) is 0.453. The molecule has 1 aromatic carbocycles. The smallest absolute Gasteiger partial charge is 0.243 e. The van der Waals surface area contributed by atoms with E-state index in [9.17, 15) is 8.42 Å². The van der Waals surface area contributed by atoms with Crippen molar-refractivity contribution < 1.29 is 13.2 Å². The van der Waals surface area contributed by atoms with E-state index in [1.807, 2.05) is 31.4 Å². The number of rotatable bonds is 8. The number of anilines is 1. The molecule has 4 rings (SSSR count). The Morgan fingerprint density at radius 1 is 0.971 bits per heavy atom. The zero-order chi connectivity index (χ0) is 24.3. The Bertz CT molecular complexity index is 1230. The van der Waals surface area contributed by atoms with Crippen molar-refractivity contribution in [1.29, 1.82) is 0 Å². The van der Waals surface area contributed by atoms with Gasteiger partial charge in [-0.3, -0.25) is 4.57 Å². The molecule has 0 atom stereocenters. The molecule has 1 aliphatic heterocycles. The van der Waals surface area contributed by atoms with E-state index in [2.05, 4.69) is 26.8 Å². The lowest BCUT2D eigenvalue weighted by atomic mass is 10.3. The van der Waals surface area contributed by atoms with E-state index >= 15 is 0 Å². The maximum atomic E-state index is 13.2. The SMILES string of the molecule is CCCCOc1ccc(S(=O)(=O)N2CCN(c3cc(-n4cnc(C)c4C)nc(C)n3)CC2)cc1. The van der Waals surface area contributed by atoms with Crippen LogP contribution in [0, 0.1) is 20.8 Å². The highest BCUT2D eigenvalue weighted by Crippen LogP contribution is 2.24. The van der Waals surface area contributed by atoms with E-state index in [4.69, 9.17) is 4.74 Å². The summed E-state index contributed by atoms with van der Waals surface area (Å²) >= 11 is 0. The third-order valence-electron chi connectivity index (χ3n) is 6.10. The Labute approximate surface area is 201 Å². The topological polar surface area (TPSA) is 93.5 Å². The molecule has 1 fully saturated rings. The zero-order valence-corrected chi connectivity index (χ0v) is 21.0. The lowest BCUT2D eigenvalue weighted by Crippen LogP contribution is -2.49. The predicted molar refractivity (Wildman–Crippen MR) is 131 cm³/mol. The summed E-state index contributed by atoms with van der Waals surface area (Å²) < 4.78 is 35.5. The van der Waals surface area contributed by atoms with Gasteiger partial charge in [-0.15, -0.1) is 0 Å². The number of nitrogens with zero attached hydrogens (tertiary/aromatic N) is 6. The summed E-state index contributed by atoms with van der Waals surface area (Å²) in [5, 5.41) is 0. The Balaban J connectivity index is 1.44. The van der Waals surface area contributed by atoms with Gasteiger partial charge < -0.3 is 9.64 Å². The van der Waals surface area contributed by atoms with Crippen LogP contribution in [-0.4, -0.2) is 65.0 Å². The molecule has 0 amide bonds. The summed E-state index contributed by atoms with van der Waals surface area (Å²) in [6.07, 6.45) is 3.79. The minimum atomic E-state index is -3.57. The number of sulfonamides is 1. The van der Waals surface area contributed by atoms with Gasteiger partial charge in [0.2, 0.25) is 10.0 Å². The third kappa shape index (κ3) is 5.07. The highest BCUT2D eigenvalue weighted by atomic mass is 32.2. The molecule has 0 bridgehead atoms. The Morgan fingerprint density at radius 3 is 2.26 bits per heavy atom. The molecule has 0 aliphatic carbocycles. The number of unbranched alkanes of at least 4 members (excludes halogenated alkanes) is 1. The lowest BCUT2D eigenvalue weighted by Gasteiger charge is -2.34. The molecule has 0 radical (unpaired) electrons. The van der Waals surface area contributed by atoms with E-state index in [0.717, 1.165) is 35.9 Å². The van der Waals surface area contributed by atoms with Gasteiger partial charge in [0.25, 0.3) is 0 Å². The summed E-state index contributed by atoms with van der Waals surface area (Å²) in [4.78, 5) is 15.9. The molecule has 34 heavy (non-hydrogen) atoms. The van der Waals surface area contributed by atoms with E-state index in [-0.39, 0.29) is 4.90 Å². The minimum absolute atomic E-state index is 0.287. The number of imidazole rings is 1. The van der Waals surface area contributed by atoms with Crippen molar-refractivity contribution in [3.05, 3.63) is 53.9 Å². The molecule has 2 aromatic heterocycles. The first-order chi connectivity index (χ1) is 16.3. The Morgan fingerprint density at radius 2 is 1.65 bits per heavy atom. The highest BCUT2D eigenvalue weighted by Gasteiger charge is 2.29. The van der Waals surface area contributed by atoms with Crippen LogP contribution in [0.15, 0.2) is 41.6 Å². The molecule has 0 spiro atoms. The first-order valence-electron chi connectivity index (χ1n) is 11.6. The van der Waals surface area contributed by atoms with E-state index in [1.54, 1.807) is 30.6 Å². The van der Waals surface area contributed by atoms with Crippen LogP contribution >= 0.6 is 0 Å². The Hall–Kier alpha value is -2.98. The lowest BCUT2D eigenvalue weighted by molar-refractivity contribution is 0.309. The average molecular weight is 485 g/mol. The number of aromatic nitrogens is 4. The number of benzene rings is 1. The first-order valence-corrected chi connectivity index (χ1v) is 13.1. The average Bonchev–Trinajstić information content (AvgIpc) is 3.17. The molecule has 0 saturated carbocycles. The number of aryl methyl sites for hydroxylation is 2. The van der Waals surface area contributed by atoms with Gasteiger partial charge in [0, 0.05) is 37.9 Å². The molecule has 0 unspecified atom stereocenters. The van der Waals surface area contributed by atoms with E-state index in [0.29, 0.717) is 44.4 Å². The van der Waals surface area contributed by atoms with Gasteiger partial charge in [-0.05, 0) is 51.5 Å². The largest absolute Gasteiger partial charge is 0.494 e. The molecule has 182 valence electrons. The number of ether oxygens (including phenoxy) is 1. The number of piperazine rings is 1. The van der Waals surface area contributed by atoms with Gasteiger partial charge in [-0.2, -0.15) is 4.31 Å². The first kappa shape index (κ1) is 24.2. The summed E-state index contributed by atoms with van der Waals surface area (Å²) in [5.41, 5.74) is 1.99. The second-order valence-corrected chi connectivity index (χ2v) is 10.4. The molecule has 1 aliphatic rings.